The number of sulfonamides is 1. The largest absolute Gasteiger partial charge is 0.477 e. The minimum atomic E-state index is -3.89. The first-order chi connectivity index (χ1) is 9.98. The third-order valence-electron chi connectivity index (χ3n) is 3.71. The van der Waals surface area contributed by atoms with Gasteiger partial charge in [-0.25, -0.2) is 13.2 Å². The molecule has 0 bridgehead atoms. The Kier molecular flexibility index (Phi) is 5.37. The van der Waals surface area contributed by atoms with E-state index >= 15 is 0 Å². The molecule has 0 saturated heterocycles. The van der Waals surface area contributed by atoms with Crippen LogP contribution in [0.25, 0.3) is 0 Å². The van der Waals surface area contributed by atoms with Crippen molar-refractivity contribution >= 4 is 27.3 Å². The van der Waals surface area contributed by atoms with Gasteiger partial charge in [-0.3, -0.25) is 0 Å². The Hall–Kier alpha value is -0.960. The van der Waals surface area contributed by atoms with Gasteiger partial charge in [0.25, 0.3) is 0 Å². The maximum absolute atomic E-state index is 12.8. The van der Waals surface area contributed by atoms with Crippen LogP contribution in [0.4, 0.5) is 0 Å². The van der Waals surface area contributed by atoms with E-state index in [-0.39, 0.29) is 29.0 Å². The quantitative estimate of drug-likeness (QED) is 0.827. The van der Waals surface area contributed by atoms with Gasteiger partial charge in [0.2, 0.25) is 10.0 Å². The first-order valence-corrected chi connectivity index (χ1v) is 9.24. The lowest BCUT2D eigenvalue weighted by Gasteiger charge is -2.32. The summed E-state index contributed by atoms with van der Waals surface area (Å²) in [6.07, 6.45) is 4.51. The molecule has 1 aromatic rings. The van der Waals surface area contributed by atoms with Crippen molar-refractivity contribution in [3.63, 3.8) is 0 Å². The average molecular weight is 333 g/mol. The van der Waals surface area contributed by atoms with Crippen LogP contribution < -0.4 is 0 Å². The Morgan fingerprint density at radius 2 is 2.00 bits per heavy atom. The lowest BCUT2D eigenvalue weighted by Crippen LogP contribution is -2.43. The molecule has 2 N–H and O–H groups in total. The summed E-state index contributed by atoms with van der Waals surface area (Å²) >= 11 is 0.899. The Morgan fingerprint density at radius 1 is 1.33 bits per heavy atom. The zero-order chi connectivity index (χ0) is 15.5. The van der Waals surface area contributed by atoms with Gasteiger partial charge < -0.3 is 10.2 Å². The van der Waals surface area contributed by atoms with E-state index in [9.17, 15) is 18.3 Å². The van der Waals surface area contributed by atoms with Gasteiger partial charge in [-0.15, -0.1) is 11.3 Å². The fraction of sp³-hybridized carbons (Fsp3) is 0.615. The smallest absolute Gasteiger partial charge is 0.347 e. The fourth-order valence-corrected chi connectivity index (χ4v) is 5.66. The number of aliphatic hydroxyl groups excluding tert-OH is 1. The van der Waals surface area contributed by atoms with E-state index in [0.29, 0.717) is 0 Å². The van der Waals surface area contributed by atoms with Crippen LogP contribution in [0.5, 0.6) is 0 Å². The molecule has 8 heteroatoms. The molecule has 0 radical (unpaired) electrons. The van der Waals surface area contributed by atoms with Gasteiger partial charge in [-0.05, 0) is 24.3 Å². The monoisotopic (exact) mass is 333 g/mol. The third-order valence-corrected chi connectivity index (χ3v) is 6.74. The van der Waals surface area contributed by atoms with Crippen LogP contribution in [0.15, 0.2) is 16.3 Å². The maximum Gasteiger partial charge on any atom is 0.347 e. The highest BCUT2D eigenvalue weighted by Gasteiger charge is 2.35. The average Bonchev–Trinajstić information content (AvgIpc) is 2.96. The van der Waals surface area contributed by atoms with Gasteiger partial charge in [0.15, 0.2) is 0 Å². The Labute approximate surface area is 128 Å². The number of carbonyl (C=O) groups is 1. The number of hydrogen-bond donors (Lipinski definition) is 2. The van der Waals surface area contributed by atoms with Gasteiger partial charge in [-0.1, -0.05) is 19.3 Å². The number of carboxylic acids is 1. The van der Waals surface area contributed by atoms with Crippen molar-refractivity contribution in [2.45, 2.75) is 43.0 Å². The van der Waals surface area contributed by atoms with E-state index in [4.69, 9.17) is 5.11 Å². The van der Waals surface area contributed by atoms with E-state index in [1.54, 1.807) is 0 Å². The van der Waals surface area contributed by atoms with Crippen LogP contribution >= 0.6 is 11.3 Å². The number of thiophene rings is 1. The van der Waals surface area contributed by atoms with Crippen LogP contribution in [-0.4, -0.2) is 48.1 Å². The van der Waals surface area contributed by atoms with Crippen molar-refractivity contribution in [2.75, 3.05) is 13.2 Å². The van der Waals surface area contributed by atoms with Crippen LogP contribution in [0, 0.1) is 0 Å². The standard InChI is InChI=1S/C13H19NO5S2/c15-8-7-14(10-4-2-1-3-5-10)21(18,19)11-6-9-20-12(11)13(16)17/h6,9-10,15H,1-5,7-8H2,(H,16,17). The summed E-state index contributed by atoms with van der Waals surface area (Å²) in [4.78, 5) is 10.8. The van der Waals surface area contributed by atoms with Crippen molar-refractivity contribution in [1.29, 1.82) is 0 Å². The minimum absolute atomic E-state index is 0.00189. The van der Waals surface area contributed by atoms with Crippen molar-refractivity contribution in [1.82, 2.24) is 4.31 Å². The molecule has 1 saturated carbocycles. The van der Waals surface area contributed by atoms with Crippen LogP contribution in [0.3, 0.4) is 0 Å². The number of aromatic carboxylic acids is 1. The van der Waals surface area contributed by atoms with E-state index in [1.165, 1.54) is 15.8 Å². The Balaban J connectivity index is 2.37. The molecule has 0 spiro atoms. The molecule has 0 aromatic carbocycles. The summed E-state index contributed by atoms with van der Waals surface area (Å²) in [6, 6.07) is 1.17. The summed E-state index contributed by atoms with van der Waals surface area (Å²) in [6.45, 7) is -0.274. The second-order valence-corrected chi connectivity index (χ2v) is 7.83. The van der Waals surface area contributed by atoms with Crippen LogP contribution in [0.1, 0.15) is 41.8 Å². The molecular weight excluding hydrogens is 314 g/mol. The number of carboxylic acid groups (broad SMARTS) is 1. The molecule has 0 unspecified atom stereocenters. The number of hydrogen-bond acceptors (Lipinski definition) is 5. The molecule has 0 atom stereocenters. The van der Waals surface area contributed by atoms with Crippen molar-refractivity contribution < 1.29 is 23.4 Å². The zero-order valence-corrected chi connectivity index (χ0v) is 13.2. The Morgan fingerprint density at radius 3 is 2.57 bits per heavy atom. The molecular formula is C13H19NO5S2. The SMILES string of the molecule is O=C(O)c1sccc1S(=O)(=O)N(CCO)C1CCCCC1. The van der Waals surface area contributed by atoms with Crippen molar-refractivity contribution in [3.05, 3.63) is 16.3 Å². The fourth-order valence-electron chi connectivity index (χ4n) is 2.75. The highest BCUT2D eigenvalue weighted by molar-refractivity contribution is 7.89. The summed E-state index contributed by atoms with van der Waals surface area (Å²) in [5, 5.41) is 19.8. The second kappa shape index (κ2) is 6.87. The molecule has 1 aliphatic rings. The summed E-state index contributed by atoms with van der Waals surface area (Å²) in [7, 11) is -3.89. The van der Waals surface area contributed by atoms with E-state index in [1.807, 2.05) is 0 Å². The van der Waals surface area contributed by atoms with Crippen molar-refractivity contribution in [3.8, 4) is 0 Å². The van der Waals surface area contributed by atoms with Gasteiger partial charge in [-0.2, -0.15) is 4.31 Å². The first kappa shape index (κ1) is 16.4. The molecule has 0 amide bonds. The molecule has 1 aromatic heterocycles. The predicted octanol–water partition coefficient (Wildman–Crippen LogP) is 1.76. The lowest BCUT2D eigenvalue weighted by atomic mass is 9.95. The van der Waals surface area contributed by atoms with Crippen LogP contribution in [-0.2, 0) is 10.0 Å². The summed E-state index contributed by atoms with van der Waals surface area (Å²) < 4.78 is 26.8. The van der Waals surface area contributed by atoms with E-state index in [2.05, 4.69) is 0 Å². The molecule has 0 aliphatic heterocycles. The molecule has 1 fully saturated rings. The van der Waals surface area contributed by atoms with Gasteiger partial charge in [0.05, 0.1) is 6.61 Å². The molecule has 21 heavy (non-hydrogen) atoms. The number of aliphatic hydroxyl groups is 1. The lowest BCUT2D eigenvalue weighted by molar-refractivity contribution is 0.0698. The minimum Gasteiger partial charge on any atom is -0.477 e. The second-order valence-electron chi connectivity index (χ2n) is 5.05. The van der Waals surface area contributed by atoms with E-state index < -0.39 is 16.0 Å². The first-order valence-electron chi connectivity index (χ1n) is 6.92. The number of nitrogens with zero attached hydrogens (tertiary/aromatic N) is 1. The van der Waals surface area contributed by atoms with Gasteiger partial charge >= 0.3 is 5.97 Å². The normalized spacial score (nSPS) is 17.2. The van der Waals surface area contributed by atoms with E-state index in [0.717, 1.165) is 43.4 Å². The number of rotatable bonds is 6. The zero-order valence-electron chi connectivity index (χ0n) is 11.6. The third kappa shape index (κ3) is 3.45. The van der Waals surface area contributed by atoms with Crippen LogP contribution in [0.2, 0.25) is 0 Å². The summed E-state index contributed by atoms with van der Waals surface area (Å²) in [5.41, 5.74) is 0. The van der Waals surface area contributed by atoms with Gasteiger partial charge in [0.1, 0.15) is 9.77 Å². The topological polar surface area (TPSA) is 94.9 Å². The summed E-state index contributed by atoms with van der Waals surface area (Å²) in [5.74, 6) is -1.24. The molecule has 118 valence electrons. The van der Waals surface area contributed by atoms with Crippen molar-refractivity contribution in [2.24, 2.45) is 0 Å². The highest BCUT2D eigenvalue weighted by Crippen LogP contribution is 2.30. The van der Waals surface area contributed by atoms with Gasteiger partial charge in [0, 0.05) is 12.6 Å². The maximum atomic E-state index is 12.8. The molecule has 6 nitrogen and oxygen atoms in total. The Bertz CT molecular complexity index is 589. The molecule has 1 aliphatic carbocycles. The predicted molar refractivity (Wildman–Crippen MR) is 79.1 cm³/mol. The molecule has 1 heterocycles. The highest BCUT2D eigenvalue weighted by atomic mass is 32.2. The molecule has 2 rings (SSSR count).